The Hall–Kier alpha value is -2.67. The van der Waals surface area contributed by atoms with Crippen LogP contribution in [0.25, 0.3) is 10.9 Å². The van der Waals surface area contributed by atoms with Gasteiger partial charge in [0, 0.05) is 23.7 Å². The zero-order chi connectivity index (χ0) is 12.4. The van der Waals surface area contributed by atoms with Crippen LogP contribution in [0.1, 0.15) is 17.0 Å². The molecule has 3 aromatic rings. The van der Waals surface area contributed by atoms with Gasteiger partial charge in [-0.15, -0.1) is 0 Å². The van der Waals surface area contributed by atoms with E-state index in [-0.39, 0.29) is 0 Å². The van der Waals surface area contributed by atoms with Gasteiger partial charge < -0.3 is 0 Å². The molecule has 2 aromatic heterocycles. The van der Waals surface area contributed by atoms with Gasteiger partial charge in [0.05, 0.1) is 5.52 Å². The van der Waals surface area contributed by atoms with Crippen LogP contribution in [0.15, 0.2) is 42.6 Å². The van der Waals surface area contributed by atoms with Crippen molar-refractivity contribution in [1.29, 1.82) is 5.26 Å². The Bertz CT molecular complexity index is 722. The molecule has 0 saturated carbocycles. The van der Waals surface area contributed by atoms with E-state index in [4.69, 9.17) is 5.26 Å². The van der Waals surface area contributed by atoms with Gasteiger partial charge in [-0.1, -0.05) is 18.2 Å². The van der Waals surface area contributed by atoms with Crippen LogP contribution in [0.5, 0.6) is 0 Å². The molecule has 0 saturated heterocycles. The first-order valence-corrected chi connectivity index (χ1v) is 5.64. The fourth-order valence-electron chi connectivity index (χ4n) is 2.03. The smallest absolute Gasteiger partial charge is 0.170 e. The summed E-state index contributed by atoms with van der Waals surface area (Å²) in [5, 5.41) is 16.8. The lowest BCUT2D eigenvalue weighted by atomic mass is 10.1. The second-order valence-corrected chi connectivity index (χ2v) is 4.02. The Morgan fingerprint density at radius 1 is 1.17 bits per heavy atom. The number of hydrogen-bond donors (Lipinski definition) is 1. The number of H-pyrrole nitrogens is 1. The zero-order valence-corrected chi connectivity index (χ0v) is 9.59. The SMILES string of the molecule is N#Cc1n[nH]c2c(Cc3ccccn3)cccc12. The summed E-state index contributed by atoms with van der Waals surface area (Å²) in [5.74, 6) is 0. The van der Waals surface area contributed by atoms with E-state index in [0.717, 1.165) is 28.6 Å². The lowest BCUT2D eigenvalue weighted by Crippen LogP contribution is -1.92. The van der Waals surface area contributed by atoms with Crippen molar-refractivity contribution in [3.63, 3.8) is 0 Å². The van der Waals surface area contributed by atoms with E-state index in [9.17, 15) is 0 Å². The van der Waals surface area contributed by atoms with Crippen LogP contribution in [0, 0.1) is 11.3 Å². The van der Waals surface area contributed by atoms with Crippen molar-refractivity contribution >= 4 is 10.9 Å². The molecule has 3 rings (SSSR count). The van der Waals surface area contributed by atoms with Crippen LogP contribution in [0.4, 0.5) is 0 Å². The van der Waals surface area contributed by atoms with Crippen LogP contribution >= 0.6 is 0 Å². The van der Waals surface area contributed by atoms with Crippen LogP contribution < -0.4 is 0 Å². The quantitative estimate of drug-likeness (QED) is 0.740. The van der Waals surface area contributed by atoms with Gasteiger partial charge in [-0.3, -0.25) is 10.1 Å². The van der Waals surface area contributed by atoms with Crippen molar-refractivity contribution in [2.75, 3.05) is 0 Å². The van der Waals surface area contributed by atoms with Crippen molar-refractivity contribution in [2.45, 2.75) is 6.42 Å². The molecule has 86 valence electrons. The van der Waals surface area contributed by atoms with E-state index in [1.807, 2.05) is 36.4 Å². The van der Waals surface area contributed by atoms with Crippen molar-refractivity contribution in [3.05, 3.63) is 59.5 Å². The van der Waals surface area contributed by atoms with E-state index in [0.29, 0.717) is 5.69 Å². The molecule has 0 aliphatic heterocycles. The molecule has 0 unspecified atom stereocenters. The molecule has 2 heterocycles. The lowest BCUT2D eigenvalue weighted by molar-refractivity contribution is 1.06. The van der Waals surface area contributed by atoms with Crippen LogP contribution in [-0.2, 0) is 6.42 Å². The lowest BCUT2D eigenvalue weighted by Gasteiger charge is -2.02. The van der Waals surface area contributed by atoms with Gasteiger partial charge >= 0.3 is 0 Å². The number of aromatic amines is 1. The summed E-state index contributed by atoms with van der Waals surface area (Å²) in [7, 11) is 0. The highest BCUT2D eigenvalue weighted by molar-refractivity contribution is 5.86. The van der Waals surface area contributed by atoms with Gasteiger partial charge in [0.1, 0.15) is 6.07 Å². The average Bonchev–Trinajstić information content (AvgIpc) is 2.84. The summed E-state index contributed by atoms with van der Waals surface area (Å²) in [6, 6.07) is 13.8. The number of nitrogens with one attached hydrogen (secondary N) is 1. The Balaban J connectivity index is 2.08. The summed E-state index contributed by atoms with van der Waals surface area (Å²) in [5.41, 5.74) is 3.45. The van der Waals surface area contributed by atoms with E-state index in [2.05, 4.69) is 21.3 Å². The first kappa shape index (κ1) is 10.5. The van der Waals surface area contributed by atoms with Gasteiger partial charge in [-0.25, -0.2) is 0 Å². The summed E-state index contributed by atoms with van der Waals surface area (Å²) < 4.78 is 0. The summed E-state index contributed by atoms with van der Waals surface area (Å²) in [6.07, 6.45) is 2.51. The van der Waals surface area contributed by atoms with Gasteiger partial charge in [0.15, 0.2) is 5.69 Å². The molecular weight excluding hydrogens is 224 g/mol. The third-order valence-electron chi connectivity index (χ3n) is 2.89. The number of fused-ring (bicyclic) bond motifs is 1. The van der Waals surface area contributed by atoms with Crippen molar-refractivity contribution in [1.82, 2.24) is 15.2 Å². The number of para-hydroxylation sites is 1. The first-order chi connectivity index (χ1) is 8.88. The molecule has 1 N–H and O–H groups in total. The maximum Gasteiger partial charge on any atom is 0.170 e. The molecular formula is C14H10N4. The molecule has 0 aliphatic rings. The van der Waals surface area contributed by atoms with Crippen molar-refractivity contribution in [3.8, 4) is 6.07 Å². The number of hydrogen-bond acceptors (Lipinski definition) is 3. The highest BCUT2D eigenvalue weighted by atomic mass is 15.1. The second-order valence-electron chi connectivity index (χ2n) is 4.02. The standard InChI is InChI=1S/C14H10N4/c15-9-13-12-6-3-4-10(14(12)18-17-13)8-11-5-1-2-7-16-11/h1-7H,8H2,(H,17,18). The number of benzene rings is 1. The summed E-state index contributed by atoms with van der Waals surface area (Å²) in [4.78, 5) is 4.31. The molecule has 1 aromatic carbocycles. The molecule has 0 atom stereocenters. The molecule has 4 nitrogen and oxygen atoms in total. The molecule has 0 radical (unpaired) electrons. The fourth-order valence-corrected chi connectivity index (χ4v) is 2.03. The highest BCUT2D eigenvalue weighted by Crippen LogP contribution is 2.21. The van der Waals surface area contributed by atoms with Crippen LogP contribution in [0.2, 0.25) is 0 Å². The molecule has 0 spiro atoms. The van der Waals surface area contributed by atoms with E-state index < -0.39 is 0 Å². The number of nitriles is 1. The molecule has 0 fully saturated rings. The monoisotopic (exact) mass is 234 g/mol. The highest BCUT2D eigenvalue weighted by Gasteiger charge is 2.08. The number of nitrogens with zero attached hydrogens (tertiary/aromatic N) is 3. The zero-order valence-electron chi connectivity index (χ0n) is 9.59. The van der Waals surface area contributed by atoms with Crippen molar-refractivity contribution < 1.29 is 0 Å². The topological polar surface area (TPSA) is 65.4 Å². The van der Waals surface area contributed by atoms with Crippen LogP contribution in [0.3, 0.4) is 0 Å². The predicted molar refractivity (Wildman–Crippen MR) is 67.9 cm³/mol. The van der Waals surface area contributed by atoms with E-state index >= 15 is 0 Å². The Morgan fingerprint density at radius 2 is 2.11 bits per heavy atom. The minimum Gasteiger partial charge on any atom is -0.276 e. The molecule has 0 bridgehead atoms. The van der Waals surface area contributed by atoms with E-state index in [1.54, 1.807) is 6.20 Å². The normalized spacial score (nSPS) is 10.4. The molecule has 4 heteroatoms. The third kappa shape index (κ3) is 1.72. The van der Waals surface area contributed by atoms with Gasteiger partial charge in [-0.2, -0.15) is 10.4 Å². The largest absolute Gasteiger partial charge is 0.276 e. The first-order valence-electron chi connectivity index (χ1n) is 5.64. The summed E-state index contributed by atoms with van der Waals surface area (Å²) in [6.45, 7) is 0. The van der Waals surface area contributed by atoms with Crippen LogP contribution in [-0.4, -0.2) is 15.2 Å². The van der Waals surface area contributed by atoms with Gasteiger partial charge in [0.25, 0.3) is 0 Å². The minimum absolute atomic E-state index is 0.438. The Labute approximate surface area is 104 Å². The van der Waals surface area contributed by atoms with Gasteiger partial charge in [-0.05, 0) is 23.8 Å². The average molecular weight is 234 g/mol. The van der Waals surface area contributed by atoms with E-state index in [1.165, 1.54) is 0 Å². The maximum atomic E-state index is 8.96. The number of aromatic nitrogens is 3. The van der Waals surface area contributed by atoms with Crippen molar-refractivity contribution in [2.24, 2.45) is 0 Å². The minimum atomic E-state index is 0.438. The number of rotatable bonds is 2. The predicted octanol–water partition coefficient (Wildman–Crippen LogP) is 2.42. The maximum absolute atomic E-state index is 8.96. The molecule has 18 heavy (non-hydrogen) atoms. The Morgan fingerprint density at radius 3 is 2.89 bits per heavy atom. The number of pyridine rings is 1. The molecule has 0 amide bonds. The molecule has 0 aliphatic carbocycles. The summed E-state index contributed by atoms with van der Waals surface area (Å²) >= 11 is 0. The van der Waals surface area contributed by atoms with Gasteiger partial charge in [0.2, 0.25) is 0 Å². The Kier molecular flexibility index (Phi) is 2.50. The second kappa shape index (κ2) is 4.30. The third-order valence-corrected chi connectivity index (χ3v) is 2.89. The fraction of sp³-hybridized carbons (Fsp3) is 0.0714.